The molecule has 1 heterocycles. The minimum absolute atomic E-state index is 0.0376. The summed E-state index contributed by atoms with van der Waals surface area (Å²) in [5, 5.41) is 8.73. The van der Waals surface area contributed by atoms with Crippen LogP contribution in [0.4, 0.5) is 19.0 Å². The van der Waals surface area contributed by atoms with Gasteiger partial charge in [0.15, 0.2) is 5.56 Å². The summed E-state index contributed by atoms with van der Waals surface area (Å²) in [6.07, 6.45) is -4.74. The van der Waals surface area contributed by atoms with Gasteiger partial charge in [-0.1, -0.05) is 23.2 Å². The number of rotatable bonds is 1. The van der Waals surface area contributed by atoms with E-state index in [1.54, 1.807) is 30.3 Å². The van der Waals surface area contributed by atoms with E-state index in [0.29, 0.717) is 5.56 Å². The highest BCUT2D eigenvalue weighted by molar-refractivity contribution is 5.56. The number of nitrogens with zero attached hydrogens (tertiary/aromatic N) is 2. The summed E-state index contributed by atoms with van der Waals surface area (Å²) in [7, 11) is 0. The van der Waals surface area contributed by atoms with Crippen molar-refractivity contribution in [1.82, 2.24) is 4.98 Å². The smallest absolute Gasteiger partial charge is 0.317 e. The van der Waals surface area contributed by atoms with Crippen LogP contribution in [0.15, 0.2) is 30.3 Å². The zero-order chi connectivity index (χ0) is 14.0. The Labute approximate surface area is 106 Å². The maximum Gasteiger partial charge on any atom is 0.451 e. The zero-order valence-electron chi connectivity index (χ0n) is 9.49. The fourth-order valence-electron chi connectivity index (χ4n) is 1.56. The second-order valence-electron chi connectivity index (χ2n) is 3.70. The molecule has 0 saturated carbocycles. The first kappa shape index (κ1) is 12.8. The molecule has 0 radical (unpaired) electrons. The fraction of sp³-hybridized carbons (Fsp3) is 0.0833. The van der Waals surface area contributed by atoms with Gasteiger partial charge in [-0.25, -0.2) is 4.98 Å². The summed E-state index contributed by atoms with van der Waals surface area (Å²) in [6.45, 7) is 0. The molecule has 1 aromatic carbocycles. The minimum atomic E-state index is -4.74. The number of anilines is 1. The van der Waals surface area contributed by atoms with Crippen LogP contribution >= 0.6 is 0 Å². The summed E-state index contributed by atoms with van der Waals surface area (Å²) in [4.78, 5) is 5.96. The van der Waals surface area contributed by atoms with E-state index < -0.39 is 17.4 Å². The molecule has 19 heavy (non-hydrogen) atoms. The molecule has 0 aliphatic rings. The predicted molar refractivity (Wildman–Crippen MR) is 60.4 cm³/mol. The Morgan fingerprint density at radius 3 is 2.37 bits per heavy atom. The van der Waals surface area contributed by atoms with E-state index >= 15 is 0 Å². The molecular weight excluding hydrogens is 257 g/mol. The normalized spacial score (nSPS) is 11.1. The van der Waals surface area contributed by atoms with Crippen LogP contribution in [0.5, 0.6) is 0 Å². The second-order valence-corrected chi connectivity index (χ2v) is 3.70. The number of aromatic amines is 1. The maximum absolute atomic E-state index is 12.8. The molecule has 0 bridgehead atoms. The molecule has 0 saturated heterocycles. The molecule has 0 unspecified atom stereocenters. The molecule has 0 aliphatic carbocycles. The van der Waals surface area contributed by atoms with Gasteiger partial charge in [0.05, 0.1) is 5.56 Å². The number of H-pyrrole nitrogens is 1. The number of nitrogens with one attached hydrogen (secondary N) is 1. The monoisotopic (exact) mass is 265 g/mol. The van der Waals surface area contributed by atoms with Gasteiger partial charge in [0.25, 0.3) is 5.82 Å². The van der Waals surface area contributed by atoms with Gasteiger partial charge in [0.2, 0.25) is 11.5 Å². The second kappa shape index (κ2) is 4.57. The van der Waals surface area contributed by atoms with Gasteiger partial charge in [-0.2, -0.15) is 18.4 Å². The van der Waals surface area contributed by atoms with Crippen molar-refractivity contribution in [3.63, 3.8) is 0 Å². The summed E-state index contributed by atoms with van der Waals surface area (Å²) in [6, 6.07) is 9.63. The van der Waals surface area contributed by atoms with E-state index in [2.05, 4.69) is 9.97 Å². The molecule has 0 spiro atoms. The average Bonchev–Trinajstić information content (AvgIpc) is 2.37. The van der Waals surface area contributed by atoms with Gasteiger partial charge in [0, 0.05) is 0 Å². The van der Waals surface area contributed by atoms with E-state index in [1.165, 1.54) is 6.07 Å². The van der Waals surface area contributed by atoms with E-state index in [-0.39, 0.29) is 11.6 Å². The van der Waals surface area contributed by atoms with Crippen LogP contribution in [0, 0.1) is 11.3 Å². The molecule has 0 aliphatic heterocycles. The Bertz CT molecular complexity index is 645. The number of nitrogens with two attached hydrogens (primary N) is 1. The van der Waals surface area contributed by atoms with E-state index in [1.807, 2.05) is 0 Å². The average molecular weight is 265 g/mol. The maximum atomic E-state index is 12.8. The Hall–Kier alpha value is -2.62. The SMILES string of the molecule is N#Cc1c(C(F)(F)F)nc(-c2ccccc2)[nH+]c1N. The summed E-state index contributed by atoms with van der Waals surface area (Å²) in [5.74, 6) is -0.395. The van der Waals surface area contributed by atoms with Gasteiger partial charge >= 0.3 is 6.18 Å². The highest BCUT2D eigenvalue weighted by Gasteiger charge is 2.41. The molecule has 0 amide bonds. The van der Waals surface area contributed by atoms with Crippen molar-refractivity contribution >= 4 is 5.82 Å². The first-order valence-electron chi connectivity index (χ1n) is 5.19. The number of hydrogen-bond acceptors (Lipinski definition) is 3. The molecular formula is C12H8F3N4+. The third-order valence-corrected chi connectivity index (χ3v) is 2.41. The van der Waals surface area contributed by atoms with Crippen LogP contribution in [-0.4, -0.2) is 4.98 Å². The van der Waals surface area contributed by atoms with Gasteiger partial charge in [-0.3, -0.25) is 0 Å². The van der Waals surface area contributed by atoms with Gasteiger partial charge in [0.1, 0.15) is 6.07 Å². The molecule has 2 aromatic rings. The van der Waals surface area contributed by atoms with Crippen molar-refractivity contribution < 1.29 is 18.2 Å². The van der Waals surface area contributed by atoms with Crippen LogP contribution in [0.2, 0.25) is 0 Å². The lowest BCUT2D eigenvalue weighted by molar-refractivity contribution is -0.352. The quantitative estimate of drug-likeness (QED) is 0.857. The molecule has 4 nitrogen and oxygen atoms in total. The molecule has 0 fully saturated rings. The lowest BCUT2D eigenvalue weighted by Crippen LogP contribution is -2.23. The molecule has 2 rings (SSSR count). The van der Waals surface area contributed by atoms with E-state index in [4.69, 9.17) is 11.0 Å². The molecule has 0 atom stereocenters. The van der Waals surface area contributed by atoms with Crippen molar-refractivity contribution in [2.45, 2.75) is 6.18 Å². The van der Waals surface area contributed by atoms with Crippen LogP contribution in [0.3, 0.4) is 0 Å². The van der Waals surface area contributed by atoms with Crippen LogP contribution in [0.1, 0.15) is 11.3 Å². The predicted octanol–water partition coefficient (Wildman–Crippen LogP) is 2.04. The van der Waals surface area contributed by atoms with Crippen LogP contribution in [-0.2, 0) is 6.18 Å². The molecule has 1 aromatic heterocycles. The van der Waals surface area contributed by atoms with Crippen molar-refractivity contribution in [2.24, 2.45) is 0 Å². The Morgan fingerprint density at radius 2 is 1.84 bits per heavy atom. The number of benzene rings is 1. The third kappa shape index (κ3) is 2.47. The zero-order valence-corrected chi connectivity index (χ0v) is 9.49. The number of hydrogen-bond donors (Lipinski definition) is 1. The van der Waals surface area contributed by atoms with Gasteiger partial charge in [-0.15, -0.1) is 0 Å². The lowest BCUT2D eigenvalue weighted by atomic mass is 10.1. The van der Waals surface area contributed by atoms with Crippen molar-refractivity contribution in [2.75, 3.05) is 5.73 Å². The fourth-order valence-corrected chi connectivity index (χ4v) is 1.56. The third-order valence-electron chi connectivity index (χ3n) is 2.41. The highest BCUT2D eigenvalue weighted by atomic mass is 19.4. The standard InChI is InChI=1S/C12H7F3N4/c13-12(14,15)9-8(6-16)10(17)19-11(18-9)7-4-2-1-3-5-7/h1-5H,(H2,17,18,19)/p+1. The van der Waals surface area contributed by atoms with Crippen LogP contribution in [0.25, 0.3) is 11.4 Å². The summed E-state index contributed by atoms with van der Waals surface area (Å²) in [5.41, 5.74) is 3.91. The van der Waals surface area contributed by atoms with E-state index in [0.717, 1.165) is 0 Å². The van der Waals surface area contributed by atoms with Crippen molar-refractivity contribution in [3.05, 3.63) is 41.6 Å². The topological polar surface area (TPSA) is 76.8 Å². The largest absolute Gasteiger partial charge is 0.451 e. The summed E-state index contributed by atoms with van der Waals surface area (Å²) >= 11 is 0. The Morgan fingerprint density at radius 1 is 1.21 bits per heavy atom. The first-order valence-corrected chi connectivity index (χ1v) is 5.19. The Kier molecular flexibility index (Phi) is 3.09. The summed E-state index contributed by atoms with van der Waals surface area (Å²) < 4.78 is 38.5. The lowest BCUT2D eigenvalue weighted by Gasteiger charge is -2.06. The number of alkyl halides is 3. The van der Waals surface area contributed by atoms with Crippen molar-refractivity contribution in [1.29, 1.82) is 5.26 Å². The minimum Gasteiger partial charge on any atom is -0.317 e. The van der Waals surface area contributed by atoms with Crippen molar-refractivity contribution in [3.8, 4) is 17.5 Å². The number of nitriles is 1. The number of aromatic nitrogens is 2. The molecule has 3 N–H and O–H groups in total. The highest BCUT2D eigenvalue weighted by Crippen LogP contribution is 2.32. The van der Waals surface area contributed by atoms with E-state index in [9.17, 15) is 13.2 Å². The Balaban J connectivity index is 2.69. The number of nitrogen functional groups attached to an aromatic ring is 1. The van der Waals surface area contributed by atoms with Gasteiger partial charge in [-0.05, 0) is 12.1 Å². The van der Waals surface area contributed by atoms with Crippen LogP contribution < -0.4 is 10.7 Å². The van der Waals surface area contributed by atoms with Gasteiger partial charge < -0.3 is 5.73 Å². The number of halogens is 3. The first-order chi connectivity index (χ1) is 8.93. The molecule has 96 valence electrons. The molecule has 7 heteroatoms.